The van der Waals surface area contributed by atoms with Crippen LogP contribution in [0.4, 0.5) is 0 Å². The summed E-state index contributed by atoms with van der Waals surface area (Å²) in [5.41, 5.74) is 1.65. The van der Waals surface area contributed by atoms with Crippen LogP contribution in [-0.4, -0.2) is 25.0 Å². The van der Waals surface area contributed by atoms with Gasteiger partial charge in [0.05, 0.1) is 19.4 Å². The predicted octanol–water partition coefficient (Wildman–Crippen LogP) is -1.16. The molecule has 0 spiro atoms. The molecule has 0 amide bonds. The summed E-state index contributed by atoms with van der Waals surface area (Å²) in [7, 11) is 3.46. The Morgan fingerprint density at radius 2 is 2.36 bits per heavy atom. The maximum atomic E-state index is 8.82. The molecule has 0 aliphatic rings. The van der Waals surface area contributed by atoms with Crippen molar-refractivity contribution in [1.82, 2.24) is 4.98 Å². The fraction of sp³-hybridized carbons (Fsp3) is 0.286. The number of nitrogens with zero attached hydrogens (tertiary/aromatic N) is 1. The zero-order valence-electron chi connectivity index (χ0n) is 6.66. The first-order chi connectivity index (χ1) is 5.27. The van der Waals surface area contributed by atoms with E-state index in [1.54, 1.807) is 13.2 Å². The molecular weight excluding hydrogens is 141 g/mol. The molecule has 0 radical (unpaired) electrons. The monoisotopic (exact) mass is 151 g/mol. The minimum Gasteiger partial charge on any atom is -0.481 e. The van der Waals surface area contributed by atoms with Crippen LogP contribution in [-0.2, 0) is 6.61 Å². The SMILES string of the molecule is Bc1ccc(OC)nc1CO. The van der Waals surface area contributed by atoms with E-state index in [2.05, 4.69) is 4.98 Å². The van der Waals surface area contributed by atoms with Crippen molar-refractivity contribution >= 4 is 13.3 Å². The van der Waals surface area contributed by atoms with E-state index in [1.165, 1.54) is 0 Å². The van der Waals surface area contributed by atoms with Gasteiger partial charge in [-0.2, -0.15) is 0 Å². The van der Waals surface area contributed by atoms with Crippen LogP contribution in [0.3, 0.4) is 0 Å². The topological polar surface area (TPSA) is 42.4 Å². The van der Waals surface area contributed by atoms with E-state index in [0.29, 0.717) is 11.6 Å². The van der Waals surface area contributed by atoms with Gasteiger partial charge in [0.15, 0.2) is 0 Å². The number of aromatic nitrogens is 1. The molecule has 3 nitrogen and oxygen atoms in total. The fourth-order valence-electron chi connectivity index (χ4n) is 0.825. The lowest BCUT2D eigenvalue weighted by Crippen LogP contribution is -2.12. The molecule has 58 valence electrons. The molecule has 0 fully saturated rings. The van der Waals surface area contributed by atoms with E-state index in [1.807, 2.05) is 13.9 Å². The summed E-state index contributed by atoms with van der Waals surface area (Å²) in [6.07, 6.45) is 0. The molecule has 0 saturated carbocycles. The summed E-state index contributed by atoms with van der Waals surface area (Å²) in [6, 6.07) is 3.64. The van der Waals surface area contributed by atoms with Crippen molar-refractivity contribution in [3.63, 3.8) is 0 Å². The molecule has 1 aromatic heterocycles. The van der Waals surface area contributed by atoms with Crippen molar-refractivity contribution in [3.8, 4) is 5.88 Å². The highest BCUT2D eigenvalue weighted by Crippen LogP contribution is 2.03. The van der Waals surface area contributed by atoms with Crippen molar-refractivity contribution < 1.29 is 9.84 Å². The van der Waals surface area contributed by atoms with Crippen LogP contribution in [0.25, 0.3) is 0 Å². The van der Waals surface area contributed by atoms with Gasteiger partial charge >= 0.3 is 0 Å². The molecule has 0 aromatic carbocycles. The molecule has 0 saturated heterocycles. The Kier molecular flexibility index (Phi) is 2.49. The zero-order chi connectivity index (χ0) is 8.27. The maximum Gasteiger partial charge on any atom is 0.213 e. The molecule has 0 unspecified atom stereocenters. The summed E-state index contributed by atoms with van der Waals surface area (Å²) >= 11 is 0. The number of aliphatic hydroxyl groups excluding tert-OH is 1. The molecule has 0 bridgehead atoms. The molecular formula is C7H10BNO2. The van der Waals surface area contributed by atoms with Crippen LogP contribution in [0.15, 0.2) is 12.1 Å². The average molecular weight is 151 g/mol. The van der Waals surface area contributed by atoms with Gasteiger partial charge < -0.3 is 9.84 Å². The maximum absolute atomic E-state index is 8.82. The van der Waals surface area contributed by atoms with Crippen LogP contribution in [0.1, 0.15) is 5.69 Å². The van der Waals surface area contributed by atoms with Crippen molar-refractivity contribution in [2.24, 2.45) is 0 Å². The minimum absolute atomic E-state index is 0.0387. The van der Waals surface area contributed by atoms with Crippen LogP contribution in [0, 0.1) is 0 Å². The molecule has 0 aliphatic heterocycles. The van der Waals surface area contributed by atoms with Gasteiger partial charge in [0.1, 0.15) is 7.85 Å². The van der Waals surface area contributed by atoms with Crippen LogP contribution in [0.2, 0.25) is 0 Å². The molecule has 4 heteroatoms. The second-order valence-corrected chi connectivity index (χ2v) is 2.28. The lowest BCUT2D eigenvalue weighted by molar-refractivity contribution is 0.275. The van der Waals surface area contributed by atoms with Crippen molar-refractivity contribution in [2.45, 2.75) is 6.61 Å². The van der Waals surface area contributed by atoms with Gasteiger partial charge in [0.2, 0.25) is 5.88 Å². The molecule has 11 heavy (non-hydrogen) atoms. The van der Waals surface area contributed by atoms with Gasteiger partial charge in [-0.1, -0.05) is 11.5 Å². The Hall–Kier alpha value is -1.03. The number of hydrogen-bond acceptors (Lipinski definition) is 3. The highest BCUT2D eigenvalue weighted by Gasteiger charge is 1.99. The molecule has 1 aromatic rings. The van der Waals surface area contributed by atoms with Gasteiger partial charge in [-0.25, -0.2) is 4.98 Å². The summed E-state index contributed by atoms with van der Waals surface area (Å²) in [5, 5.41) is 8.82. The number of rotatable bonds is 2. The normalized spacial score (nSPS) is 9.64. The Labute approximate surface area is 66.4 Å². The number of methoxy groups -OCH3 is 1. The first-order valence-corrected chi connectivity index (χ1v) is 3.39. The zero-order valence-corrected chi connectivity index (χ0v) is 6.66. The third-order valence-corrected chi connectivity index (χ3v) is 1.54. The smallest absolute Gasteiger partial charge is 0.213 e. The quantitative estimate of drug-likeness (QED) is 0.542. The lowest BCUT2D eigenvalue weighted by Gasteiger charge is -2.03. The minimum atomic E-state index is -0.0387. The number of ether oxygens (including phenoxy) is 1. The van der Waals surface area contributed by atoms with Crippen LogP contribution < -0.4 is 10.2 Å². The largest absolute Gasteiger partial charge is 0.481 e. The standard InChI is InChI=1S/C7H10BNO2/c1-11-7-3-2-5(8)6(4-10)9-7/h2-3,10H,4,8H2,1H3. The van der Waals surface area contributed by atoms with Crippen molar-refractivity contribution in [1.29, 1.82) is 0 Å². The van der Waals surface area contributed by atoms with E-state index in [-0.39, 0.29) is 6.61 Å². The second-order valence-electron chi connectivity index (χ2n) is 2.28. The molecule has 0 atom stereocenters. The molecule has 1 N–H and O–H groups in total. The fourth-order valence-corrected chi connectivity index (χ4v) is 0.825. The number of pyridine rings is 1. The predicted molar refractivity (Wildman–Crippen MR) is 44.9 cm³/mol. The third kappa shape index (κ3) is 1.71. The van der Waals surface area contributed by atoms with E-state index < -0.39 is 0 Å². The first kappa shape index (κ1) is 8.08. The van der Waals surface area contributed by atoms with Gasteiger partial charge in [-0.15, -0.1) is 0 Å². The Morgan fingerprint density at radius 1 is 1.64 bits per heavy atom. The van der Waals surface area contributed by atoms with Gasteiger partial charge in [-0.05, 0) is 6.07 Å². The Morgan fingerprint density at radius 3 is 2.91 bits per heavy atom. The average Bonchev–Trinajstić information content (AvgIpc) is 2.05. The van der Waals surface area contributed by atoms with Crippen LogP contribution in [0.5, 0.6) is 5.88 Å². The number of hydrogen-bond donors (Lipinski definition) is 1. The van der Waals surface area contributed by atoms with E-state index in [9.17, 15) is 0 Å². The molecule has 1 rings (SSSR count). The Bertz CT molecular complexity index is 252. The second kappa shape index (κ2) is 3.39. The van der Waals surface area contributed by atoms with Crippen LogP contribution >= 0.6 is 0 Å². The van der Waals surface area contributed by atoms with E-state index >= 15 is 0 Å². The highest BCUT2D eigenvalue weighted by molar-refractivity contribution is 6.33. The summed E-state index contributed by atoms with van der Waals surface area (Å²) in [4.78, 5) is 4.04. The molecule has 0 aliphatic carbocycles. The third-order valence-electron chi connectivity index (χ3n) is 1.54. The number of aliphatic hydroxyl groups is 1. The summed E-state index contributed by atoms with van der Waals surface area (Å²) < 4.78 is 4.89. The van der Waals surface area contributed by atoms with Crippen molar-refractivity contribution in [2.75, 3.05) is 7.11 Å². The first-order valence-electron chi connectivity index (χ1n) is 3.39. The van der Waals surface area contributed by atoms with Crippen molar-refractivity contribution in [3.05, 3.63) is 17.8 Å². The Balaban J connectivity index is 3.02. The summed E-state index contributed by atoms with van der Waals surface area (Å²) in [5.74, 6) is 0.541. The van der Waals surface area contributed by atoms with Gasteiger partial charge in [0.25, 0.3) is 0 Å². The van der Waals surface area contributed by atoms with Gasteiger partial charge in [-0.3, -0.25) is 0 Å². The van der Waals surface area contributed by atoms with E-state index in [4.69, 9.17) is 9.84 Å². The molecule has 1 heterocycles. The van der Waals surface area contributed by atoms with E-state index in [0.717, 1.165) is 5.46 Å². The lowest BCUT2D eigenvalue weighted by atomic mass is 9.95. The summed E-state index contributed by atoms with van der Waals surface area (Å²) in [6.45, 7) is -0.0387. The van der Waals surface area contributed by atoms with Gasteiger partial charge in [0, 0.05) is 0 Å². The highest BCUT2D eigenvalue weighted by atomic mass is 16.5.